The number of hydrogen-bond acceptors (Lipinski definition) is 6. The van der Waals surface area contributed by atoms with Gasteiger partial charge in [0.05, 0.1) is 0 Å². The molecule has 21 heavy (non-hydrogen) atoms. The van der Waals surface area contributed by atoms with E-state index in [0.717, 1.165) is 30.6 Å². The van der Waals surface area contributed by atoms with Crippen LogP contribution in [0.4, 0.5) is 10.8 Å². The number of likely N-dealkylation sites (tertiary alicyclic amines) is 1. The number of nitrogen functional groups attached to an aromatic ring is 1. The van der Waals surface area contributed by atoms with Gasteiger partial charge in [-0.25, -0.2) is 0 Å². The topological polar surface area (TPSA) is 83.3 Å². The second-order valence-corrected chi connectivity index (χ2v) is 7.03. The van der Waals surface area contributed by atoms with Crippen LogP contribution < -0.4 is 16.4 Å². The summed E-state index contributed by atoms with van der Waals surface area (Å²) in [5.74, 6) is 0.175. The van der Waals surface area contributed by atoms with Crippen LogP contribution in [0.1, 0.15) is 43.5 Å². The molecule has 1 aromatic rings. The van der Waals surface area contributed by atoms with E-state index in [1.807, 2.05) is 13.8 Å². The quantitative estimate of drug-likeness (QED) is 0.768. The summed E-state index contributed by atoms with van der Waals surface area (Å²) < 4.78 is 4.14. The fourth-order valence-corrected chi connectivity index (χ4v) is 3.61. The van der Waals surface area contributed by atoms with Crippen molar-refractivity contribution >= 4 is 28.3 Å². The number of hydrogen-bond donors (Lipinski definition) is 3. The number of nitrogens with one attached hydrogen (secondary N) is 2. The third-order valence-corrected chi connectivity index (χ3v) is 4.78. The van der Waals surface area contributed by atoms with Gasteiger partial charge in [0.2, 0.25) is 0 Å². The molecule has 0 aromatic carbocycles. The molecule has 1 saturated carbocycles. The van der Waals surface area contributed by atoms with Crippen LogP contribution in [-0.2, 0) is 0 Å². The minimum absolute atomic E-state index is 0.0847. The Labute approximate surface area is 129 Å². The first-order valence-corrected chi connectivity index (χ1v) is 8.38. The molecule has 116 valence electrons. The van der Waals surface area contributed by atoms with E-state index < -0.39 is 0 Å². The molecular weight excluding hydrogens is 286 g/mol. The molecule has 2 heterocycles. The number of anilines is 2. The molecule has 1 aromatic heterocycles. The molecule has 2 fully saturated rings. The summed E-state index contributed by atoms with van der Waals surface area (Å²) in [6, 6.07) is 1.27. The molecule has 1 amide bonds. The molecule has 3 rings (SSSR count). The highest BCUT2D eigenvalue weighted by Crippen LogP contribution is 2.32. The van der Waals surface area contributed by atoms with Gasteiger partial charge in [0.25, 0.3) is 5.91 Å². The number of nitrogens with two attached hydrogens (primary N) is 1. The number of rotatable bonds is 5. The predicted octanol–water partition coefficient (Wildman–Crippen LogP) is 1.51. The van der Waals surface area contributed by atoms with E-state index in [1.54, 1.807) is 0 Å². The van der Waals surface area contributed by atoms with Gasteiger partial charge in [-0.1, -0.05) is 0 Å². The maximum absolute atomic E-state index is 12.2. The largest absolute Gasteiger partial charge is 0.382 e. The van der Waals surface area contributed by atoms with Crippen LogP contribution in [0.2, 0.25) is 0 Å². The van der Waals surface area contributed by atoms with Crippen molar-refractivity contribution in [2.45, 2.75) is 51.2 Å². The maximum atomic E-state index is 12.2. The molecule has 6 nitrogen and oxygen atoms in total. The van der Waals surface area contributed by atoms with Gasteiger partial charge in [0.1, 0.15) is 10.6 Å². The highest BCUT2D eigenvalue weighted by atomic mass is 32.1. The molecule has 1 aliphatic carbocycles. The van der Waals surface area contributed by atoms with E-state index in [0.29, 0.717) is 17.4 Å². The predicted molar refractivity (Wildman–Crippen MR) is 85.8 cm³/mol. The molecule has 1 atom stereocenters. The van der Waals surface area contributed by atoms with E-state index in [4.69, 9.17) is 5.73 Å². The van der Waals surface area contributed by atoms with Crippen LogP contribution in [0.3, 0.4) is 0 Å². The maximum Gasteiger partial charge on any atom is 0.258 e. The first-order chi connectivity index (χ1) is 10.0. The summed E-state index contributed by atoms with van der Waals surface area (Å²) in [6.07, 6.45) is 3.78. The lowest BCUT2D eigenvalue weighted by molar-refractivity contribution is 0.0945. The van der Waals surface area contributed by atoms with Gasteiger partial charge in [0.15, 0.2) is 5.82 Å². The molecule has 0 radical (unpaired) electrons. The lowest BCUT2D eigenvalue weighted by Crippen LogP contribution is -2.32. The van der Waals surface area contributed by atoms with Gasteiger partial charge >= 0.3 is 0 Å². The van der Waals surface area contributed by atoms with E-state index in [-0.39, 0.29) is 11.9 Å². The van der Waals surface area contributed by atoms with Crippen LogP contribution in [0.15, 0.2) is 0 Å². The highest BCUT2D eigenvalue weighted by molar-refractivity contribution is 7.11. The summed E-state index contributed by atoms with van der Waals surface area (Å²) in [4.78, 5) is 14.8. The van der Waals surface area contributed by atoms with Gasteiger partial charge in [-0.15, -0.1) is 0 Å². The Kier molecular flexibility index (Phi) is 4.03. The monoisotopic (exact) mass is 309 g/mol. The smallest absolute Gasteiger partial charge is 0.258 e. The van der Waals surface area contributed by atoms with E-state index >= 15 is 0 Å². The van der Waals surface area contributed by atoms with Crippen LogP contribution in [-0.4, -0.2) is 46.4 Å². The third-order valence-electron chi connectivity index (χ3n) is 3.98. The SMILES string of the molecule is CC(C)NC(=O)c1c(N)nsc1NC1CCN(C2CC2)C1. The molecule has 1 unspecified atom stereocenters. The Morgan fingerprint density at radius 3 is 2.86 bits per heavy atom. The number of amides is 1. The van der Waals surface area contributed by atoms with Gasteiger partial charge in [-0.05, 0) is 44.6 Å². The Hall–Kier alpha value is -1.34. The van der Waals surface area contributed by atoms with Crippen LogP contribution in [0.5, 0.6) is 0 Å². The lowest BCUT2D eigenvalue weighted by Gasteiger charge is -2.16. The van der Waals surface area contributed by atoms with Crippen LogP contribution >= 0.6 is 11.5 Å². The lowest BCUT2D eigenvalue weighted by atomic mass is 10.2. The van der Waals surface area contributed by atoms with Gasteiger partial charge in [-0.3, -0.25) is 9.69 Å². The first-order valence-electron chi connectivity index (χ1n) is 7.61. The van der Waals surface area contributed by atoms with Crippen LogP contribution in [0.25, 0.3) is 0 Å². The zero-order valence-corrected chi connectivity index (χ0v) is 13.4. The fourth-order valence-electron chi connectivity index (χ4n) is 2.82. The minimum Gasteiger partial charge on any atom is -0.382 e. The van der Waals surface area contributed by atoms with Crippen molar-refractivity contribution < 1.29 is 4.79 Å². The Morgan fingerprint density at radius 2 is 2.19 bits per heavy atom. The molecule has 0 spiro atoms. The van der Waals surface area contributed by atoms with Crippen molar-refractivity contribution in [3.05, 3.63) is 5.56 Å². The van der Waals surface area contributed by atoms with Gasteiger partial charge < -0.3 is 16.4 Å². The van der Waals surface area contributed by atoms with Crippen molar-refractivity contribution in [2.24, 2.45) is 0 Å². The van der Waals surface area contributed by atoms with Crippen molar-refractivity contribution in [3.8, 4) is 0 Å². The third kappa shape index (κ3) is 3.29. The summed E-state index contributed by atoms with van der Waals surface area (Å²) in [7, 11) is 0. The van der Waals surface area contributed by atoms with Crippen molar-refractivity contribution in [1.82, 2.24) is 14.6 Å². The molecule has 1 aliphatic heterocycles. The normalized spacial score (nSPS) is 22.7. The first kappa shape index (κ1) is 14.6. The summed E-state index contributed by atoms with van der Waals surface area (Å²) in [5, 5.41) is 7.16. The van der Waals surface area contributed by atoms with Gasteiger partial charge in [0, 0.05) is 31.2 Å². The molecule has 2 aliphatic rings. The average Bonchev–Trinajstić information content (AvgIpc) is 3.05. The molecular formula is C14H23N5OS. The number of aromatic nitrogens is 1. The fraction of sp³-hybridized carbons (Fsp3) is 0.714. The van der Waals surface area contributed by atoms with E-state index in [2.05, 4.69) is 19.9 Å². The van der Waals surface area contributed by atoms with Crippen molar-refractivity contribution in [1.29, 1.82) is 0 Å². The van der Waals surface area contributed by atoms with Crippen molar-refractivity contribution in [2.75, 3.05) is 24.1 Å². The van der Waals surface area contributed by atoms with Gasteiger partial charge in [-0.2, -0.15) is 4.37 Å². The Bertz CT molecular complexity index is 525. The average molecular weight is 309 g/mol. The van der Waals surface area contributed by atoms with E-state index in [9.17, 15) is 4.79 Å². The molecule has 7 heteroatoms. The van der Waals surface area contributed by atoms with E-state index in [1.165, 1.54) is 24.4 Å². The summed E-state index contributed by atoms with van der Waals surface area (Å²) in [6.45, 7) is 6.06. The zero-order valence-electron chi connectivity index (χ0n) is 12.6. The minimum atomic E-state index is -0.143. The molecule has 1 saturated heterocycles. The summed E-state index contributed by atoms with van der Waals surface area (Å²) in [5.41, 5.74) is 6.36. The zero-order chi connectivity index (χ0) is 15.0. The Balaban J connectivity index is 1.66. The second-order valence-electron chi connectivity index (χ2n) is 6.26. The van der Waals surface area contributed by atoms with Crippen LogP contribution in [0, 0.1) is 0 Å². The number of carbonyl (C=O) groups is 1. The molecule has 0 bridgehead atoms. The Morgan fingerprint density at radius 1 is 1.43 bits per heavy atom. The summed E-state index contributed by atoms with van der Waals surface area (Å²) >= 11 is 1.28. The van der Waals surface area contributed by atoms with Crippen molar-refractivity contribution in [3.63, 3.8) is 0 Å². The second kappa shape index (κ2) is 5.81. The standard InChI is InChI=1S/C14H23N5OS/c1-8(2)16-13(20)11-12(15)18-21-14(11)17-9-5-6-19(7-9)10-3-4-10/h8-10,17H,3-7H2,1-2H3,(H2,15,18)(H,16,20). The number of nitrogens with zero attached hydrogens (tertiary/aromatic N) is 2. The highest BCUT2D eigenvalue weighted by Gasteiger charge is 2.35. The molecule has 4 N–H and O–H groups in total. The number of carbonyl (C=O) groups excluding carboxylic acids is 1.